The molecule has 2 aromatic carbocycles. The minimum Gasteiger partial charge on any atom is -0.496 e. The van der Waals surface area contributed by atoms with E-state index in [0.717, 1.165) is 38.1 Å². The Hall–Kier alpha value is -2.59. The van der Waals surface area contributed by atoms with E-state index in [9.17, 15) is 4.39 Å². The molecule has 0 N–H and O–H groups in total. The van der Waals surface area contributed by atoms with Crippen LogP contribution in [0.5, 0.6) is 5.75 Å². The summed E-state index contributed by atoms with van der Waals surface area (Å²) in [4.78, 5) is 7.91. The van der Waals surface area contributed by atoms with E-state index in [1.807, 2.05) is 24.8 Å². The molecule has 0 aliphatic rings. The van der Waals surface area contributed by atoms with Gasteiger partial charge in [0.25, 0.3) is 0 Å². The average molecular weight is 459 g/mol. The number of halogens is 2. The van der Waals surface area contributed by atoms with Crippen LogP contribution in [0.2, 0.25) is 5.02 Å². The zero-order valence-electron chi connectivity index (χ0n) is 17.9. The Balaban J connectivity index is 2.06. The van der Waals surface area contributed by atoms with Crippen molar-refractivity contribution in [3.05, 3.63) is 63.2 Å². The van der Waals surface area contributed by atoms with Gasteiger partial charge in [-0.15, -0.1) is 17.8 Å². The molecule has 0 saturated heterocycles. The molecule has 0 aliphatic heterocycles. The van der Waals surface area contributed by atoms with E-state index in [2.05, 4.69) is 5.92 Å². The molecule has 0 fully saturated rings. The first-order valence-corrected chi connectivity index (χ1v) is 10.9. The molecule has 0 spiro atoms. The molecule has 0 saturated carbocycles. The summed E-state index contributed by atoms with van der Waals surface area (Å²) in [5.74, 6) is 3.15. The van der Waals surface area contributed by atoms with E-state index in [-0.39, 0.29) is 11.9 Å². The van der Waals surface area contributed by atoms with Crippen molar-refractivity contribution in [3.63, 3.8) is 0 Å². The summed E-state index contributed by atoms with van der Waals surface area (Å²) in [6.07, 6.45) is 5.68. The van der Waals surface area contributed by atoms with Crippen molar-refractivity contribution >= 4 is 28.1 Å². The van der Waals surface area contributed by atoms with Crippen molar-refractivity contribution in [3.8, 4) is 29.4 Å². The number of terminal acetylenes is 1. The lowest BCUT2D eigenvalue weighted by Gasteiger charge is -2.30. The molecule has 162 valence electrons. The van der Waals surface area contributed by atoms with E-state index in [1.54, 1.807) is 32.4 Å². The molecule has 4 nitrogen and oxygen atoms in total. The number of nitrogens with zero attached hydrogens (tertiary/aromatic N) is 2. The van der Waals surface area contributed by atoms with Gasteiger partial charge in [0.15, 0.2) is 5.13 Å². The van der Waals surface area contributed by atoms with Gasteiger partial charge in [-0.05, 0) is 49.2 Å². The number of methoxy groups -OCH3 is 2. The number of benzene rings is 2. The summed E-state index contributed by atoms with van der Waals surface area (Å²) in [7, 11) is 3.25. The summed E-state index contributed by atoms with van der Waals surface area (Å²) in [5.41, 5.74) is 3.50. The van der Waals surface area contributed by atoms with Crippen LogP contribution < -0.4 is 9.64 Å². The Morgan fingerprint density at radius 3 is 2.55 bits per heavy atom. The number of rotatable bonds is 8. The monoisotopic (exact) mass is 458 g/mol. The predicted octanol–water partition coefficient (Wildman–Crippen LogP) is 6.06. The Morgan fingerprint density at radius 2 is 1.94 bits per heavy atom. The van der Waals surface area contributed by atoms with Crippen LogP contribution in [0.1, 0.15) is 22.0 Å². The van der Waals surface area contributed by atoms with Crippen LogP contribution in [0.15, 0.2) is 36.4 Å². The normalized spacial score (nSPS) is 11.8. The van der Waals surface area contributed by atoms with Crippen LogP contribution in [-0.4, -0.2) is 32.4 Å². The second kappa shape index (κ2) is 10.1. The maximum absolute atomic E-state index is 13.5. The van der Waals surface area contributed by atoms with Gasteiger partial charge < -0.3 is 14.4 Å². The maximum Gasteiger partial charge on any atom is 0.187 e. The molecular weight excluding hydrogens is 435 g/mol. The Kier molecular flexibility index (Phi) is 7.55. The quantitative estimate of drug-likeness (QED) is 0.384. The van der Waals surface area contributed by atoms with Crippen LogP contribution >= 0.6 is 22.9 Å². The summed E-state index contributed by atoms with van der Waals surface area (Å²) in [5, 5.41) is 1.32. The number of hydrogen-bond donors (Lipinski definition) is 0. The van der Waals surface area contributed by atoms with Gasteiger partial charge in [-0.25, -0.2) is 9.37 Å². The topological polar surface area (TPSA) is 34.6 Å². The first-order valence-electron chi connectivity index (χ1n) is 9.66. The zero-order chi connectivity index (χ0) is 22.5. The van der Waals surface area contributed by atoms with Gasteiger partial charge in [-0.3, -0.25) is 0 Å². The molecule has 0 radical (unpaired) electrons. The minimum absolute atomic E-state index is 0.215. The highest BCUT2D eigenvalue weighted by Crippen LogP contribution is 2.40. The van der Waals surface area contributed by atoms with Crippen LogP contribution in [0.3, 0.4) is 0 Å². The Labute approximate surface area is 191 Å². The zero-order valence-corrected chi connectivity index (χ0v) is 19.5. The van der Waals surface area contributed by atoms with Crippen molar-refractivity contribution in [2.45, 2.75) is 19.9 Å². The highest BCUT2D eigenvalue weighted by atomic mass is 35.5. The van der Waals surface area contributed by atoms with Gasteiger partial charge in [-0.2, -0.15) is 0 Å². The van der Waals surface area contributed by atoms with E-state index in [4.69, 9.17) is 32.5 Å². The largest absolute Gasteiger partial charge is 0.496 e. The first kappa shape index (κ1) is 23.1. The molecule has 1 aromatic heterocycles. The second-order valence-corrected chi connectivity index (χ2v) is 8.65. The number of hydrogen-bond acceptors (Lipinski definition) is 5. The SMILES string of the molecule is C#CCN(c1nc(-c2cc(C)c(OC)cc2Cl)c(C)s1)C(COC)c1ccc(F)cc1. The van der Waals surface area contributed by atoms with Crippen LogP contribution in [0, 0.1) is 32.0 Å². The highest BCUT2D eigenvalue weighted by Gasteiger charge is 2.25. The average Bonchev–Trinajstić information content (AvgIpc) is 3.13. The second-order valence-electron chi connectivity index (χ2n) is 7.06. The van der Waals surface area contributed by atoms with Crippen molar-refractivity contribution in [2.24, 2.45) is 0 Å². The number of aromatic nitrogens is 1. The third-order valence-electron chi connectivity index (χ3n) is 4.99. The number of aryl methyl sites for hydroxylation is 2. The molecule has 0 amide bonds. The summed E-state index contributed by atoms with van der Waals surface area (Å²) < 4.78 is 24.3. The van der Waals surface area contributed by atoms with Gasteiger partial charge in [0, 0.05) is 17.6 Å². The molecule has 3 aromatic rings. The van der Waals surface area contributed by atoms with Crippen molar-refractivity contribution < 1.29 is 13.9 Å². The van der Waals surface area contributed by atoms with E-state index < -0.39 is 0 Å². The smallest absolute Gasteiger partial charge is 0.187 e. The number of ether oxygens (including phenoxy) is 2. The molecular formula is C24H24ClFN2O2S. The first-order chi connectivity index (χ1) is 14.9. The molecule has 1 atom stereocenters. The van der Waals surface area contributed by atoms with Gasteiger partial charge in [0.1, 0.15) is 11.6 Å². The molecule has 7 heteroatoms. The van der Waals surface area contributed by atoms with Gasteiger partial charge in [-0.1, -0.05) is 29.7 Å². The maximum atomic E-state index is 13.5. The van der Waals surface area contributed by atoms with E-state index in [1.165, 1.54) is 23.5 Å². The van der Waals surface area contributed by atoms with Crippen molar-refractivity contribution in [1.82, 2.24) is 4.98 Å². The summed E-state index contributed by atoms with van der Waals surface area (Å²) in [6.45, 7) is 4.68. The standard InChI is InChI=1S/C24H24ClFN2O2S/c1-6-11-28(21(14-29-4)17-7-9-18(26)10-8-17)24-27-23(16(3)31-24)19-12-15(2)22(30-5)13-20(19)25/h1,7-10,12-13,21H,11,14H2,2-5H3. The van der Waals surface area contributed by atoms with Gasteiger partial charge in [0.2, 0.25) is 0 Å². The van der Waals surface area contributed by atoms with Crippen LogP contribution in [0.25, 0.3) is 11.3 Å². The Morgan fingerprint density at radius 1 is 1.23 bits per heavy atom. The molecule has 1 heterocycles. The molecule has 0 bridgehead atoms. The number of thiazole rings is 1. The van der Waals surface area contributed by atoms with Crippen molar-refractivity contribution in [2.75, 3.05) is 32.3 Å². The lowest BCUT2D eigenvalue weighted by Crippen LogP contribution is -2.32. The minimum atomic E-state index is -0.291. The van der Waals surface area contributed by atoms with Crippen LogP contribution in [-0.2, 0) is 4.74 Å². The molecule has 1 unspecified atom stereocenters. The molecule has 3 rings (SSSR count). The highest BCUT2D eigenvalue weighted by molar-refractivity contribution is 7.16. The third kappa shape index (κ3) is 5.01. The van der Waals surface area contributed by atoms with E-state index >= 15 is 0 Å². The lowest BCUT2D eigenvalue weighted by molar-refractivity contribution is 0.178. The number of anilines is 1. The summed E-state index contributed by atoms with van der Waals surface area (Å²) >= 11 is 8.08. The van der Waals surface area contributed by atoms with Gasteiger partial charge >= 0.3 is 0 Å². The lowest BCUT2D eigenvalue weighted by atomic mass is 10.1. The molecule has 0 aliphatic carbocycles. The van der Waals surface area contributed by atoms with Crippen molar-refractivity contribution in [1.29, 1.82) is 0 Å². The fraction of sp³-hybridized carbons (Fsp3) is 0.292. The third-order valence-corrected chi connectivity index (χ3v) is 6.31. The fourth-order valence-electron chi connectivity index (χ4n) is 3.44. The predicted molar refractivity (Wildman–Crippen MR) is 126 cm³/mol. The van der Waals surface area contributed by atoms with E-state index in [0.29, 0.717) is 18.2 Å². The van der Waals surface area contributed by atoms with Gasteiger partial charge in [0.05, 0.1) is 37.0 Å². The Bertz CT molecular complexity index is 1090. The van der Waals surface area contributed by atoms with Crippen LogP contribution in [0.4, 0.5) is 9.52 Å². The summed E-state index contributed by atoms with van der Waals surface area (Å²) in [6, 6.07) is 9.92. The molecule has 31 heavy (non-hydrogen) atoms. The fourth-order valence-corrected chi connectivity index (χ4v) is 4.65.